The lowest BCUT2D eigenvalue weighted by Crippen LogP contribution is -2.21. The third-order valence-electron chi connectivity index (χ3n) is 6.48. The minimum Gasteiger partial charge on any atom is -0.494 e. The summed E-state index contributed by atoms with van der Waals surface area (Å²) in [5.74, 6) is 0.911. The number of fused-ring (bicyclic) bond motifs is 1. The first-order chi connectivity index (χ1) is 15.7. The fraction of sp³-hybridized carbons (Fsp3) is 0.370. The highest BCUT2D eigenvalue weighted by Gasteiger charge is 2.20. The molecule has 0 bridgehead atoms. The predicted octanol–water partition coefficient (Wildman–Crippen LogP) is 7.26. The number of rotatable bonds is 7. The molecule has 0 saturated heterocycles. The van der Waals surface area contributed by atoms with Gasteiger partial charge in [-0.1, -0.05) is 49.6 Å². The van der Waals surface area contributed by atoms with Gasteiger partial charge in [0, 0.05) is 40.1 Å². The van der Waals surface area contributed by atoms with E-state index < -0.39 is 0 Å². The number of anilines is 1. The molecule has 32 heavy (non-hydrogen) atoms. The summed E-state index contributed by atoms with van der Waals surface area (Å²) in [4.78, 5) is 5.03. The second kappa shape index (κ2) is 9.37. The van der Waals surface area contributed by atoms with Crippen LogP contribution in [0.5, 0.6) is 5.75 Å². The Morgan fingerprint density at radius 2 is 1.91 bits per heavy atom. The lowest BCUT2D eigenvalue weighted by atomic mass is 9.96. The maximum atomic E-state index is 5.84. The van der Waals surface area contributed by atoms with Gasteiger partial charge in [-0.25, -0.2) is 4.98 Å². The van der Waals surface area contributed by atoms with Gasteiger partial charge >= 0.3 is 0 Å². The molecule has 2 heterocycles. The van der Waals surface area contributed by atoms with Crippen molar-refractivity contribution in [3.63, 3.8) is 0 Å². The van der Waals surface area contributed by atoms with Gasteiger partial charge in [-0.05, 0) is 50.5 Å². The summed E-state index contributed by atoms with van der Waals surface area (Å²) in [6.07, 6.45) is 6.51. The maximum absolute atomic E-state index is 5.84. The summed E-state index contributed by atoms with van der Waals surface area (Å²) in [5.41, 5.74) is 6.03. The Hall–Kier alpha value is -2.79. The average Bonchev–Trinajstić information content (AvgIpc) is 3.37. The zero-order valence-corrected chi connectivity index (χ0v) is 19.8. The topological polar surface area (TPSA) is 39.1 Å². The Morgan fingerprint density at radius 1 is 1.09 bits per heavy atom. The van der Waals surface area contributed by atoms with E-state index in [2.05, 4.69) is 70.7 Å². The molecule has 0 spiro atoms. The number of aromatic nitrogens is 2. The standard InChI is InChI=1S/C27H31N3OS/c1-3-31-22-14-15-25-23(16-22)26(19(2)30(25)17-20-10-6-4-7-11-20)24-18-32-27(29-24)28-21-12-8-5-9-13-21/h4,6-7,10-11,14-16,18,21H,3,5,8-9,12-13,17H2,1-2H3,(H,28,29). The summed E-state index contributed by atoms with van der Waals surface area (Å²) < 4.78 is 8.24. The van der Waals surface area contributed by atoms with Gasteiger partial charge in [0.2, 0.25) is 0 Å². The molecule has 1 saturated carbocycles. The van der Waals surface area contributed by atoms with Crippen molar-refractivity contribution in [1.29, 1.82) is 0 Å². The molecule has 0 aliphatic heterocycles. The van der Waals surface area contributed by atoms with Crippen LogP contribution in [-0.4, -0.2) is 22.2 Å². The van der Waals surface area contributed by atoms with Crippen LogP contribution < -0.4 is 10.1 Å². The van der Waals surface area contributed by atoms with Crippen molar-refractivity contribution in [2.75, 3.05) is 11.9 Å². The average molecular weight is 446 g/mol. The zero-order chi connectivity index (χ0) is 21.9. The van der Waals surface area contributed by atoms with E-state index in [4.69, 9.17) is 9.72 Å². The molecule has 0 radical (unpaired) electrons. The minimum atomic E-state index is 0.563. The second-order valence-corrected chi connectivity index (χ2v) is 9.52. The summed E-state index contributed by atoms with van der Waals surface area (Å²) in [7, 11) is 0. The zero-order valence-electron chi connectivity index (χ0n) is 18.9. The molecule has 1 aliphatic carbocycles. The molecule has 0 atom stereocenters. The van der Waals surface area contributed by atoms with Crippen LogP contribution in [0.15, 0.2) is 53.9 Å². The van der Waals surface area contributed by atoms with E-state index in [9.17, 15) is 0 Å². The lowest BCUT2D eigenvalue weighted by molar-refractivity contribution is 0.340. The van der Waals surface area contributed by atoms with Gasteiger partial charge in [0.05, 0.1) is 12.3 Å². The van der Waals surface area contributed by atoms with Crippen molar-refractivity contribution in [3.8, 4) is 17.0 Å². The van der Waals surface area contributed by atoms with Gasteiger partial charge in [-0.2, -0.15) is 0 Å². The van der Waals surface area contributed by atoms with E-state index in [1.807, 2.05) is 6.92 Å². The normalized spacial score (nSPS) is 14.7. The Kier molecular flexibility index (Phi) is 6.17. The Morgan fingerprint density at radius 3 is 2.69 bits per heavy atom. The third-order valence-corrected chi connectivity index (χ3v) is 7.26. The van der Waals surface area contributed by atoms with Gasteiger partial charge in [0.1, 0.15) is 5.75 Å². The smallest absolute Gasteiger partial charge is 0.183 e. The number of nitrogens with zero attached hydrogens (tertiary/aromatic N) is 2. The number of hydrogen-bond donors (Lipinski definition) is 1. The number of ether oxygens (including phenoxy) is 1. The highest BCUT2D eigenvalue weighted by Crippen LogP contribution is 2.38. The summed E-state index contributed by atoms with van der Waals surface area (Å²) in [5, 5.41) is 8.14. The number of nitrogens with one attached hydrogen (secondary N) is 1. The first-order valence-electron chi connectivity index (χ1n) is 11.7. The van der Waals surface area contributed by atoms with Gasteiger partial charge in [-0.15, -0.1) is 11.3 Å². The van der Waals surface area contributed by atoms with Crippen LogP contribution in [0.1, 0.15) is 50.3 Å². The molecule has 166 valence electrons. The van der Waals surface area contributed by atoms with Crippen LogP contribution in [0.3, 0.4) is 0 Å². The van der Waals surface area contributed by atoms with E-state index >= 15 is 0 Å². The maximum Gasteiger partial charge on any atom is 0.183 e. The molecule has 1 aliphatic rings. The van der Waals surface area contributed by atoms with Crippen LogP contribution in [0.2, 0.25) is 0 Å². The summed E-state index contributed by atoms with van der Waals surface area (Å²) >= 11 is 1.72. The third kappa shape index (κ3) is 4.26. The minimum absolute atomic E-state index is 0.563. The van der Waals surface area contributed by atoms with E-state index in [0.29, 0.717) is 12.6 Å². The van der Waals surface area contributed by atoms with Crippen molar-refractivity contribution in [1.82, 2.24) is 9.55 Å². The van der Waals surface area contributed by atoms with Crippen molar-refractivity contribution in [2.45, 2.75) is 58.5 Å². The number of benzene rings is 2. The largest absolute Gasteiger partial charge is 0.494 e. The van der Waals surface area contributed by atoms with Crippen LogP contribution in [-0.2, 0) is 6.54 Å². The molecule has 4 nitrogen and oxygen atoms in total. The molecular formula is C27H31N3OS. The molecule has 4 aromatic rings. The van der Waals surface area contributed by atoms with E-state index in [1.165, 1.54) is 59.8 Å². The van der Waals surface area contributed by atoms with Crippen LogP contribution in [0.4, 0.5) is 5.13 Å². The first-order valence-corrected chi connectivity index (χ1v) is 12.6. The Balaban J connectivity index is 1.55. The highest BCUT2D eigenvalue weighted by molar-refractivity contribution is 7.14. The molecule has 5 heteroatoms. The lowest BCUT2D eigenvalue weighted by Gasteiger charge is -2.22. The molecular weight excluding hydrogens is 414 g/mol. The van der Waals surface area contributed by atoms with Gasteiger partial charge < -0.3 is 14.6 Å². The van der Waals surface area contributed by atoms with E-state index in [-0.39, 0.29) is 0 Å². The van der Waals surface area contributed by atoms with Crippen molar-refractivity contribution >= 4 is 27.4 Å². The summed E-state index contributed by atoms with van der Waals surface area (Å²) in [6, 6.07) is 17.7. The highest BCUT2D eigenvalue weighted by atomic mass is 32.1. The predicted molar refractivity (Wildman–Crippen MR) is 135 cm³/mol. The molecule has 1 fully saturated rings. The fourth-order valence-corrected chi connectivity index (χ4v) is 5.67. The SMILES string of the molecule is CCOc1ccc2c(c1)c(-c1csc(NC3CCCCC3)n1)c(C)n2Cc1ccccc1. The Labute approximate surface area is 194 Å². The van der Waals surface area contributed by atoms with Crippen LogP contribution in [0, 0.1) is 6.92 Å². The quantitative estimate of drug-likeness (QED) is 0.325. The van der Waals surface area contributed by atoms with Gasteiger partial charge in [-0.3, -0.25) is 0 Å². The fourth-order valence-electron chi connectivity index (χ4n) is 4.89. The van der Waals surface area contributed by atoms with Crippen LogP contribution >= 0.6 is 11.3 Å². The van der Waals surface area contributed by atoms with Gasteiger partial charge in [0.15, 0.2) is 5.13 Å². The number of thiazole rings is 1. The first kappa shape index (κ1) is 21.1. The second-order valence-electron chi connectivity index (χ2n) is 8.66. The summed E-state index contributed by atoms with van der Waals surface area (Å²) in [6.45, 7) is 5.75. The molecule has 2 aromatic carbocycles. The molecule has 1 N–H and O–H groups in total. The van der Waals surface area contributed by atoms with E-state index in [1.54, 1.807) is 11.3 Å². The van der Waals surface area contributed by atoms with Gasteiger partial charge in [0.25, 0.3) is 0 Å². The van der Waals surface area contributed by atoms with Crippen molar-refractivity contribution in [2.24, 2.45) is 0 Å². The van der Waals surface area contributed by atoms with Crippen molar-refractivity contribution in [3.05, 3.63) is 65.2 Å². The molecule has 0 unspecified atom stereocenters. The number of hydrogen-bond acceptors (Lipinski definition) is 4. The van der Waals surface area contributed by atoms with E-state index in [0.717, 1.165) is 23.1 Å². The Bertz CT molecular complexity index is 1190. The van der Waals surface area contributed by atoms with Crippen LogP contribution in [0.25, 0.3) is 22.2 Å². The molecule has 5 rings (SSSR count). The monoisotopic (exact) mass is 445 g/mol. The van der Waals surface area contributed by atoms with Crippen molar-refractivity contribution < 1.29 is 4.74 Å². The molecule has 0 amide bonds. The molecule has 2 aromatic heterocycles.